The van der Waals surface area contributed by atoms with Crippen LogP contribution in [0.25, 0.3) is 0 Å². The Balaban J connectivity index is 1.68. The fraction of sp³-hybridized carbons (Fsp3) is 0.333. The quantitative estimate of drug-likeness (QED) is 0.833. The third kappa shape index (κ3) is 4.63. The molecule has 1 heterocycles. The summed E-state index contributed by atoms with van der Waals surface area (Å²) in [6.45, 7) is 0.930. The standard InChI is InChI=1S/C18H19F3N2O2S/c19-18(20,21)11-13-5-7-15(8-6-13)26(24,25)23-12-17-16-4-2-1-3-14(16)9-10-22-17/h1-8,17,22-23H,9-12H2. The molecule has 4 nitrogen and oxygen atoms in total. The van der Waals surface area contributed by atoms with Crippen LogP contribution in [0.3, 0.4) is 0 Å². The number of benzene rings is 2. The van der Waals surface area contributed by atoms with E-state index in [2.05, 4.69) is 10.0 Å². The number of alkyl halides is 3. The predicted molar refractivity (Wildman–Crippen MR) is 92.3 cm³/mol. The van der Waals surface area contributed by atoms with Crippen LogP contribution in [-0.4, -0.2) is 27.7 Å². The van der Waals surface area contributed by atoms with Gasteiger partial charge in [0.1, 0.15) is 0 Å². The van der Waals surface area contributed by atoms with E-state index in [0.717, 1.165) is 18.5 Å². The highest BCUT2D eigenvalue weighted by atomic mass is 32.2. The molecule has 2 N–H and O–H groups in total. The number of nitrogens with one attached hydrogen (secondary N) is 2. The van der Waals surface area contributed by atoms with E-state index in [9.17, 15) is 21.6 Å². The van der Waals surface area contributed by atoms with Crippen molar-refractivity contribution in [3.05, 3.63) is 65.2 Å². The van der Waals surface area contributed by atoms with Crippen molar-refractivity contribution in [2.75, 3.05) is 13.1 Å². The van der Waals surface area contributed by atoms with Crippen molar-refractivity contribution in [3.8, 4) is 0 Å². The number of rotatable bonds is 5. The second-order valence-electron chi connectivity index (χ2n) is 6.24. The SMILES string of the molecule is O=S(=O)(NCC1NCCc2ccccc21)c1ccc(CC(F)(F)F)cc1. The summed E-state index contributed by atoms with van der Waals surface area (Å²) in [5.41, 5.74) is 2.27. The molecule has 8 heteroatoms. The second-order valence-corrected chi connectivity index (χ2v) is 8.01. The minimum Gasteiger partial charge on any atom is -0.308 e. The molecule has 0 aliphatic carbocycles. The van der Waals surface area contributed by atoms with E-state index < -0.39 is 22.6 Å². The molecule has 1 aliphatic rings. The Labute approximate surface area is 150 Å². The normalized spacial score (nSPS) is 17.7. The van der Waals surface area contributed by atoms with Crippen LogP contribution in [0.4, 0.5) is 13.2 Å². The summed E-state index contributed by atoms with van der Waals surface area (Å²) < 4.78 is 64.5. The highest BCUT2D eigenvalue weighted by Gasteiger charge is 2.28. The molecule has 0 bridgehead atoms. The molecular formula is C18H19F3N2O2S. The van der Waals surface area contributed by atoms with Gasteiger partial charge in [0.15, 0.2) is 0 Å². The minimum absolute atomic E-state index is 0.0272. The molecule has 0 aromatic heterocycles. The second kappa shape index (κ2) is 7.38. The average molecular weight is 384 g/mol. The molecular weight excluding hydrogens is 365 g/mol. The minimum atomic E-state index is -4.32. The maximum absolute atomic E-state index is 12.4. The molecule has 2 aromatic rings. The van der Waals surface area contributed by atoms with Crippen LogP contribution in [0.1, 0.15) is 22.7 Å². The van der Waals surface area contributed by atoms with Gasteiger partial charge in [-0.25, -0.2) is 13.1 Å². The Morgan fingerprint density at radius 1 is 1.08 bits per heavy atom. The van der Waals surface area contributed by atoms with Gasteiger partial charge in [-0.05, 0) is 41.8 Å². The number of hydrogen-bond donors (Lipinski definition) is 2. The van der Waals surface area contributed by atoms with Crippen LogP contribution < -0.4 is 10.0 Å². The fourth-order valence-corrected chi connectivity index (χ4v) is 4.12. The Kier molecular flexibility index (Phi) is 5.36. The Bertz CT molecular complexity index is 865. The van der Waals surface area contributed by atoms with E-state index in [1.165, 1.54) is 29.8 Å². The summed E-state index contributed by atoms with van der Waals surface area (Å²) in [5, 5.41) is 3.28. The summed E-state index contributed by atoms with van der Waals surface area (Å²) in [4.78, 5) is -0.0486. The van der Waals surface area contributed by atoms with E-state index in [1.807, 2.05) is 24.3 Å². The maximum Gasteiger partial charge on any atom is 0.393 e. The van der Waals surface area contributed by atoms with Crippen molar-refractivity contribution in [1.29, 1.82) is 0 Å². The van der Waals surface area contributed by atoms with E-state index in [0.29, 0.717) is 0 Å². The topological polar surface area (TPSA) is 58.2 Å². The van der Waals surface area contributed by atoms with Gasteiger partial charge in [0, 0.05) is 12.6 Å². The van der Waals surface area contributed by atoms with E-state index in [1.54, 1.807) is 0 Å². The van der Waals surface area contributed by atoms with Crippen LogP contribution >= 0.6 is 0 Å². The molecule has 1 unspecified atom stereocenters. The van der Waals surface area contributed by atoms with Crippen molar-refractivity contribution in [2.45, 2.75) is 30.0 Å². The Hall–Kier alpha value is -1.90. The van der Waals surface area contributed by atoms with Crippen molar-refractivity contribution >= 4 is 10.0 Å². The highest BCUT2D eigenvalue weighted by Crippen LogP contribution is 2.24. The first kappa shape index (κ1) is 18.9. The largest absolute Gasteiger partial charge is 0.393 e. The first-order valence-electron chi connectivity index (χ1n) is 8.21. The summed E-state index contributed by atoms with van der Waals surface area (Å²) in [6, 6.07) is 12.5. The lowest BCUT2D eigenvalue weighted by atomic mass is 9.95. The first-order chi connectivity index (χ1) is 12.2. The summed E-state index contributed by atoms with van der Waals surface area (Å²) in [6.07, 6.45) is -4.51. The lowest BCUT2D eigenvalue weighted by Gasteiger charge is -2.27. The van der Waals surface area contributed by atoms with E-state index in [-0.39, 0.29) is 23.0 Å². The molecule has 26 heavy (non-hydrogen) atoms. The fourth-order valence-electron chi connectivity index (χ4n) is 3.07. The highest BCUT2D eigenvalue weighted by molar-refractivity contribution is 7.89. The maximum atomic E-state index is 12.4. The summed E-state index contributed by atoms with van der Waals surface area (Å²) in [5.74, 6) is 0. The molecule has 3 rings (SSSR count). The molecule has 0 amide bonds. The van der Waals surface area contributed by atoms with Crippen molar-refractivity contribution < 1.29 is 21.6 Å². The monoisotopic (exact) mass is 384 g/mol. The Morgan fingerprint density at radius 2 is 1.77 bits per heavy atom. The lowest BCUT2D eigenvalue weighted by molar-refractivity contribution is -0.127. The molecule has 140 valence electrons. The van der Waals surface area contributed by atoms with Gasteiger partial charge in [-0.15, -0.1) is 0 Å². The molecule has 2 aromatic carbocycles. The van der Waals surface area contributed by atoms with Crippen molar-refractivity contribution in [3.63, 3.8) is 0 Å². The molecule has 0 saturated heterocycles. The first-order valence-corrected chi connectivity index (χ1v) is 9.69. The van der Waals surface area contributed by atoms with Crippen LogP contribution in [0.15, 0.2) is 53.4 Å². The van der Waals surface area contributed by atoms with Crippen LogP contribution in [-0.2, 0) is 22.9 Å². The lowest BCUT2D eigenvalue weighted by Crippen LogP contribution is -2.38. The van der Waals surface area contributed by atoms with Gasteiger partial charge in [0.2, 0.25) is 10.0 Å². The van der Waals surface area contributed by atoms with Gasteiger partial charge >= 0.3 is 6.18 Å². The molecule has 0 radical (unpaired) electrons. The third-order valence-electron chi connectivity index (χ3n) is 4.33. The van der Waals surface area contributed by atoms with Gasteiger partial charge in [0.05, 0.1) is 11.3 Å². The van der Waals surface area contributed by atoms with Crippen LogP contribution in [0.5, 0.6) is 0 Å². The molecule has 0 saturated carbocycles. The van der Waals surface area contributed by atoms with Gasteiger partial charge in [-0.1, -0.05) is 36.4 Å². The van der Waals surface area contributed by atoms with Gasteiger partial charge in [0.25, 0.3) is 0 Å². The van der Waals surface area contributed by atoms with Gasteiger partial charge in [-0.2, -0.15) is 13.2 Å². The third-order valence-corrected chi connectivity index (χ3v) is 5.77. The summed E-state index contributed by atoms with van der Waals surface area (Å²) in [7, 11) is -3.79. The van der Waals surface area contributed by atoms with E-state index >= 15 is 0 Å². The molecule has 1 atom stereocenters. The molecule has 0 fully saturated rings. The number of halogens is 3. The number of fused-ring (bicyclic) bond motifs is 1. The zero-order chi connectivity index (χ0) is 18.8. The average Bonchev–Trinajstić information content (AvgIpc) is 2.59. The number of hydrogen-bond acceptors (Lipinski definition) is 3. The predicted octanol–water partition coefficient (Wildman–Crippen LogP) is 2.96. The number of sulfonamides is 1. The zero-order valence-corrected chi connectivity index (χ0v) is 14.7. The van der Waals surface area contributed by atoms with Crippen LogP contribution in [0.2, 0.25) is 0 Å². The van der Waals surface area contributed by atoms with Crippen molar-refractivity contribution in [2.24, 2.45) is 0 Å². The van der Waals surface area contributed by atoms with Gasteiger partial charge < -0.3 is 5.32 Å². The van der Waals surface area contributed by atoms with Gasteiger partial charge in [-0.3, -0.25) is 0 Å². The van der Waals surface area contributed by atoms with Crippen molar-refractivity contribution in [1.82, 2.24) is 10.0 Å². The molecule has 1 aliphatic heterocycles. The van der Waals surface area contributed by atoms with E-state index in [4.69, 9.17) is 0 Å². The van der Waals surface area contributed by atoms with Crippen LogP contribution in [0, 0.1) is 0 Å². The summed E-state index contributed by atoms with van der Waals surface area (Å²) >= 11 is 0. The smallest absolute Gasteiger partial charge is 0.308 e. The molecule has 0 spiro atoms. The zero-order valence-electron chi connectivity index (χ0n) is 13.9. The Morgan fingerprint density at radius 3 is 2.46 bits per heavy atom.